The highest BCUT2D eigenvalue weighted by Crippen LogP contribution is 2.24. The summed E-state index contributed by atoms with van der Waals surface area (Å²) in [7, 11) is 0. The van der Waals surface area contributed by atoms with Gasteiger partial charge in [-0.05, 0) is 32.9 Å². The molecule has 0 saturated carbocycles. The molecule has 1 aromatic heterocycles. The fourth-order valence-corrected chi connectivity index (χ4v) is 1.73. The molecule has 16 heavy (non-hydrogen) atoms. The normalized spacial score (nSPS) is 12.2. The van der Waals surface area contributed by atoms with Gasteiger partial charge in [-0.15, -0.1) is 0 Å². The third-order valence-corrected chi connectivity index (χ3v) is 2.34. The summed E-state index contributed by atoms with van der Waals surface area (Å²) in [5, 5.41) is 0. The number of hydrogen-bond donors (Lipinski definition) is 1. The van der Waals surface area contributed by atoms with Crippen LogP contribution in [0.15, 0.2) is 24.8 Å². The number of aromatic nitrogens is 1. The van der Waals surface area contributed by atoms with Gasteiger partial charge >= 0.3 is 0 Å². The maximum Gasteiger partial charge on any atom is 0.0461 e. The van der Waals surface area contributed by atoms with E-state index in [1.807, 2.05) is 45.1 Å². The van der Waals surface area contributed by atoms with Crippen molar-refractivity contribution in [1.82, 2.24) is 4.98 Å². The van der Waals surface area contributed by atoms with Gasteiger partial charge in [0.05, 0.1) is 0 Å². The molecule has 1 heterocycles. The Kier molecular flexibility index (Phi) is 4.59. The second kappa shape index (κ2) is 5.96. The van der Waals surface area contributed by atoms with E-state index in [1.54, 1.807) is 0 Å². The van der Waals surface area contributed by atoms with Crippen molar-refractivity contribution in [3.05, 3.63) is 47.3 Å². The monoisotopic (exact) mass is 213 g/mol. The van der Waals surface area contributed by atoms with Gasteiger partial charge < -0.3 is 4.98 Å². The lowest BCUT2D eigenvalue weighted by Gasteiger charge is -1.95. The van der Waals surface area contributed by atoms with Crippen molar-refractivity contribution >= 4 is 24.3 Å². The standard InChI is InChI=1S/C15H19N/c1-5-9-13-12(8-4)14(10-6-2)16-15(13)11-7-3/h5-11,16H,4H2,1-3H3/b9-5-,10-6-,11-7-. The van der Waals surface area contributed by atoms with Gasteiger partial charge in [-0.2, -0.15) is 0 Å². The van der Waals surface area contributed by atoms with Crippen molar-refractivity contribution in [3.8, 4) is 0 Å². The number of aromatic amines is 1. The molecule has 0 spiro atoms. The lowest BCUT2D eigenvalue weighted by molar-refractivity contribution is 1.33. The Morgan fingerprint density at radius 3 is 1.75 bits per heavy atom. The van der Waals surface area contributed by atoms with Crippen molar-refractivity contribution in [2.24, 2.45) is 0 Å². The zero-order chi connectivity index (χ0) is 12.0. The third-order valence-electron chi connectivity index (χ3n) is 2.34. The first-order valence-electron chi connectivity index (χ1n) is 5.54. The van der Waals surface area contributed by atoms with Crippen molar-refractivity contribution in [2.45, 2.75) is 20.8 Å². The third kappa shape index (κ3) is 2.43. The predicted molar refractivity (Wildman–Crippen MR) is 75.0 cm³/mol. The van der Waals surface area contributed by atoms with E-state index in [9.17, 15) is 0 Å². The number of nitrogens with one attached hydrogen (secondary N) is 1. The quantitative estimate of drug-likeness (QED) is 0.742. The molecule has 0 unspecified atom stereocenters. The zero-order valence-corrected chi connectivity index (χ0v) is 10.2. The van der Waals surface area contributed by atoms with Crippen LogP contribution in [0.4, 0.5) is 0 Å². The molecule has 84 valence electrons. The van der Waals surface area contributed by atoms with Gasteiger partial charge in [0.2, 0.25) is 0 Å². The number of H-pyrrole nitrogens is 1. The first-order chi connectivity index (χ1) is 7.78. The second-order valence-corrected chi connectivity index (χ2v) is 3.48. The summed E-state index contributed by atoms with van der Waals surface area (Å²) in [5.74, 6) is 0. The maximum atomic E-state index is 3.88. The Bertz CT molecular complexity index is 442. The van der Waals surface area contributed by atoms with Crippen molar-refractivity contribution < 1.29 is 0 Å². The minimum absolute atomic E-state index is 1.11. The Hall–Kier alpha value is -1.76. The number of rotatable bonds is 4. The molecule has 1 heteroatoms. The van der Waals surface area contributed by atoms with Gasteiger partial charge in [-0.3, -0.25) is 0 Å². The Morgan fingerprint density at radius 1 is 0.812 bits per heavy atom. The molecule has 0 aliphatic carbocycles. The van der Waals surface area contributed by atoms with Crippen LogP contribution >= 0.6 is 0 Å². The summed E-state index contributed by atoms with van der Waals surface area (Å²) in [6, 6.07) is 0. The molecule has 0 radical (unpaired) electrons. The van der Waals surface area contributed by atoms with E-state index in [-0.39, 0.29) is 0 Å². The van der Waals surface area contributed by atoms with Crippen LogP contribution in [0, 0.1) is 0 Å². The van der Waals surface area contributed by atoms with Crippen LogP contribution in [0.1, 0.15) is 43.3 Å². The molecule has 0 aliphatic rings. The minimum atomic E-state index is 1.11. The van der Waals surface area contributed by atoms with Gasteiger partial charge in [-0.1, -0.05) is 37.0 Å². The Labute approximate surface area is 97.9 Å². The second-order valence-electron chi connectivity index (χ2n) is 3.48. The van der Waals surface area contributed by atoms with E-state index < -0.39 is 0 Å². The topological polar surface area (TPSA) is 15.8 Å². The molecule has 1 rings (SSSR count). The smallest absolute Gasteiger partial charge is 0.0461 e. The SMILES string of the molecule is C=Cc1c(/C=C\C)[nH]c(/C=C\C)c1/C=C\C. The lowest BCUT2D eigenvalue weighted by atomic mass is 10.1. The van der Waals surface area contributed by atoms with E-state index in [1.165, 1.54) is 5.56 Å². The summed E-state index contributed by atoms with van der Waals surface area (Å²) >= 11 is 0. The fourth-order valence-electron chi connectivity index (χ4n) is 1.73. The molecule has 0 aromatic carbocycles. The van der Waals surface area contributed by atoms with Crippen molar-refractivity contribution in [3.63, 3.8) is 0 Å². The van der Waals surface area contributed by atoms with E-state index in [2.05, 4.69) is 29.8 Å². The van der Waals surface area contributed by atoms with Crippen molar-refractivity contribution in [2.75, 3.05) is 0 Å². The molecule has 0 atom stereocenters. The number of hydrogen-bond acceptors (Lipinski definition) is 0. The van der Waals surface area contributed by atoms with Gasteiger partial charge in [0.1, 0.15) is 0 Å². The largest absolute Gasteiger partial charge is 0.355 e. The van der Waals surface area contributed by atoms with E-state index >= 15 is 0 Å². The van der Waals surface area contributed by atoms with Crippen LogP contribution in [0.5, 0.6) is 0 Å². The average molecular weight is 213 g/mol. The lowest BCUT2D eigenvalue weighted by Crippen LogP contribution is -1.77. The van der Waals surface area contributed by atoms with Gasteiger partial charge in [-0.25, -0.2) is 0 Å². The number of allylic oxidation sites excluding steroid dienone is 3. The van der Waals surface area contributed by atoms with Gasteiger partial charge in [0.15, 0.2) is 0 Å². The van der Waals surface area contributed by atoms with Crippen LogP contribution in [-0.4, -0.2) is 4.98 Å². The molecule has 1 aromatic rings. The Balaban J connectivity index is 3.44. The molecule has 0 saturated heterocycles. The first kappa shape index (κ1) is 12.3. The van der Waals surface area contributed by atoms with Crippen LogP contribution in [0.25, 0.3) is 24.3 Å². The van der Waals surface area contributed by atoms with E-state index in [0.717, 1.165) is 17.0 Å². The van der Waals surface area contributed by atoms with Gasteiger partial charge in [0, 0.05) is 22.5 Å². The minimum Gasteiger partial charge on any atom is -0.355 e. The first-order valence-corrected chi connectivity index (χ1v) is 5.54. The summed E-state index contributed by atoms with van der Waals surface area (Å²) in [4.78, 5) is 3.39. The van der Waals surface area contributed by atoms with E-state index in [4.69, 9.17) is 0 Å². The highest BCUT2D eigenvalue weighted by molar-refractivity contribution is 5.78. The highest BCUT2D eigenvalue weighted by Gasteiger charge is 2.08. The average Bonchev–Trinajstić information content (AvgIpc) is 2.58. The molecule has 0 aliphatic heterocycles. The van der Waals surface area contributed by atoms with Crippen molar-refractivity contribution in [1.29, 1.82) is 0 Å². The summed E-state index contributed by atoms with van der Waals surface area (Å²) in [6.07, 6.45) is 14.3. The van der Waals surface area contributed by atoms with Crippen LogP contribution in [0.2, 0.25) is 0 Å². The molecule has 1 nitrogen and oxygen atoms in total. The summed E-state index contributed by atoms with van der Waals surface area (Å²) in [6.45, 7) is 9.93. The molecule has 0 fully saturated rings. The highest BCUT2D eigenvalue weighted by atomic mass is 14.7. The molecule has 1 N–H and O–H groups in total. The maximum absolute atomic E-state index is 3.88. The molecule has 0 bridgehead atoms. The molecular weight excluding hydrogens is 194 g/mol. The zero-order valence-electron chi connectivity index (χ0n) is 10.2. The Morgan fingerprint density at radius 2 is 1.31 bits per heavy atom. The van der Waals surface area contributed by atoms with Crippen LogP contribution in [-0.2, 0) is 0 Å². The molecule has 0 amide bonds. The summed E-state index contributed by atoms with van der Waals surface area (Å²) < 4.78 is 0. The fraction of sp³-hybridized carbons (Fsp3) is 0.200. The van der Waals surface area contributed by atoms with Gasteiger partial charge in [0.25, 0.3) is 0 Å². The van der Waals surface area contributed by atoms with E-state index in [0.29, 0.717) is 0 Å². The predicted octanol–water partition coefficient (Wildman–Crippen LogP) is 4.76. The summed E-state index contributed by atoms with van der Waals surface area (Å²) in [5.41, 5.74) is 4.59. The van der Waals surface area contributed by atoms with Crippen LogP contribution in [0.3, 0.4) is 0 Å². The molecular formula is C15H19N. The van der Waals surface area contributed by atoms with Crippen LogP contribution < -0.4 is 0 Å².